The van der Waals surface area contributed by atoms with Gasteiger partial charge in [-0.25, -0.2) is 0 Å². The van der Waals surface area contributed by atoms with E-state index in [1.807, 2.05) is 4.90 Å². The van der Waals surface area contributed by atoms with Crippen LogP contribution in [0.15, 0.2) is 30.3 Å². The minimum absolute atomic E-state index is 0.281. The van der Waals surface area contributed by atoms with E-state index in [1.54, 1.807) is 0 Å². The number of rotatable bonds is 4. The van der Waals surface area contributed by atoms with Crippen LogP contribution in [0, 0.1) is 12.8 Å². The molecule has 3 rings (SSSR count). The van der Waals surface area contributed by atoms with Crippen molar-refractivity contribution < 1.29 is 9.53 Å². The number of aryl methyl sites for hydroxylation is 1. The molecule has 136 valence electrons. The molecule has 0 spiro atoms. The van der Waals surface area contributed by atoms with Crippen LogP contribution in [0.1, 0.15) is 30.4 Å². The number of allylic oxidation sites excluding steroid dienone is 1. The Kier molecular flexibility index (Phi) is 6.65. The summed E-state index contributed by atoms with van der Waals surface area (Å²) in [5.41, 5.74) is 2.61. The average Bonchev–Trinajstić information content (AvgIpc) is 2.90. The van der Waals surface area contributed by atoms with Gasteiger partial charge >= 0.3 is 0 Å². The van der Waals surface area contributed by atoms with Crippen LogP contribution < -0.4 is 0 Å². The topological polar surface area (TPSA) is 32.8 Å². The number of amides is 1. The molecular formula is C21H30N2O2. The molecule has 1 amide bonds. The van der Waals surface area contributed by atoms with Crippen LogP contribution in [-0.4, -0.2) is 61.6 Å². The van der Waals surface area contributed by atoms with E-state index in [2.05, 4.69) is 48.2 Å². The summed E-state index contributed by atoms with van der Waals surface area (Å²) in [4.78, 5) is 16.8. The quantitative estimate of drug-likeness (QED) is 0.843. The zero-order valence-electron chi connectivity index (χ0n) is 15.3. The van der Waals surface area contributed by atoms with Crippen molar-refractivity contribution in [1.29, 1.82) is 0 Å². The number of ether oxygens (including phenoxy) is 1. The number of hydrogen-bond donors (Lipinski definition) is 0. The molecule has 0 radical (unpaired) electrons. The van der Waals surface area contributed by atoms with E-state index in [1.165, 1.54) is 11.1 Å². The molecule has 25 heavy (non-hydrogen) atoms. The van der Waals surface area contributed by atoms with E-state index in [0.29, 0.717) is 12.5 Å². The Bertz CT molecular complexity index is 583. The smallest absolute Gasteiger partial charge is 0.236 e. The number of likely N-dealkylation sites (tertiary alicyclic amines) is 1. The number of piperidine rings is 1. The van der Waals surface area contributed by atoms with Gasteiger partial charge in [-0.2, -0.15) is 0 Å². The summed E-state index contributed by atoms with van der Waals surface area (Å²) in [6.45, 7) is 7.88. The molecule has 0 aromatic heterocycles. The Balaban J connectivity index is 1.45. The molecule has 0 saturated carbocycles. The lowest BCUT2D eigenvalue weighted by molar-refractivity contribution is -0.133. The van der Waals surface area contributed by atoms with Gasteiger partial charge in [-0.15, -0.1) is 0 Å². The first-order valence-corrected chi connectivity index (χ1v) is 9.54. The maximum Gasteiger partial charge on any atom is 0.236 e. The second-order valence-corrected chi connectivity index (χ2v) is 7.18. The number of carbonyl (C=O) groups excluding carboxylic acids is 1. The monoisotopic (exact) mass is 342 g/mol. The lowest BCUT2D eigenvalue weighted by Crippen LogP contribution is -2.44. The van der Waals surface area contributed by atoms with Crippen LogP contribution in [0.3, 0.4) is 0 Å². The van der Waals surface area contributed by atoms with Gasteiger partial charge in [0.05, 0.1) is 13.2 Å². The largest absolute Gasteiger partial charge is 0.380 e. The van der Waals surface area contributed by atoms with E-state index in [-0.39, 0.29) is 5.91 Å². The van der Waals surface area contributed by atoms with Gasteiger partial charge in [-0.3, -0.25) is 9.69 Å². The van der Waals surface area contributed by atoms with E-state index in [9.17, 15) is 4.79 Å². The molecule has 4 heteroatoms. The zero-order chi connectivity index (χ0) is 17.5. The van der Waals surface area contributed by atoms with Crippen molar-refractivity contribution in [3.63, 3.8) is 0 Å². The van der Waals surface area contributed by atoms with Gasteiger partial charge in [-0.05, 0) is 43.2 Å². The van der Waals surface area contributed by atoms with Crippen molar-refractivity contribution in [2.75, 3.05) is 45.9 Å². The van der Waals surface area contributed by atoms with Crippen LogP contribution in [0.25, 0.3) is 6.08 Å². The maximum absolute atomic E-state index is 12.5. The van der Waals surface area contributed by atoms with Gasteiger partial charge in [0, 0.05) is 32.8 Å². The van der Waals surface area contributed by atoms with E-state index >= 15 is 0 Å². The van der Waals surface area contributed by atoms with Gasteiger partial charge in [0.25, 0.3) is 0 Å². The molecule has 2 aliphatic heterocycles. The third-order valence-corrected chi connectivity index (χ3v) is 5.30. The summed E-state index contributed by atoms with van der Waals surface area (Å²) in [5.74, 6) is 0.860. The van der Waals surface area contributed by atoms with Gasteiger partial charge in [0.15, 0.2) is 0 Å². The third kappa shape index (κ3) is 5.41. The molecule has 4 nitrogen and oxygen atoms in total. The van der Waals surface area contributed by atoms with E-state index in [4.69, 9.17) is 4.74 Å². The fraction of sp³-hybridized carbons (Fsp3) is 0.571. The summed E-state index contributed by atoms with van der Waals surface area (Å²) in [5, 5.41) is 0. The first kappa shape index (κ1) is 18.2. The highest BCUT2D eigenvalue weighted by molar-refractivity contribution is 5.78. The van der Waals surface area contributed by atoms with Gasteiger partial charge in [0.2, 0.25) is 5.91 Å². The predicted molar refractivity (Wildman–Crippen MR) is 101 cm³/mol. The molecule has 2 fully saturated rings. The molecular weight excluding hydrogens is 312 g/mol. The van der Waals surface area contributed by atoms with Crippen LogP contribution in [0.5, 0.6) is 0 Å². The number of nitrogens with zero attached hydrogens (tertiary/aromatic N) is 2. The first-order chi connectivity index (χ1) is 12.2. The van der Waals surface area contributed by atoms with Crippen molar-refractivity contribution in [3.05, 3.63) is 41.5 Å². The molecule has 2 saturated heterocycles. The molecule has 1 aromatic rings. The number of benzene rings is 1. The SMILES string of the molecule is Cc1ccccc1/C=C/C1CCN(C(=O)CN2CCCOCC2)CC1. The fourth-order valence-corrected chi connectivity index (χ4v) is 3.60. The Morgan fingerprint density at radius 2 is 1.96 bits per heavy atom. The lowest BCUT2D eigenvalue weighted by atomic mass is 9.95. The Morgan fingerprint density at radius 1 is 1.16 bits per heavy atom. The lowest BCUT2D eigenvalue weighted by Gasteiger charge is -2.32. The van der Waals surface area contributed by atoms with Crippen molar-refractivity contribution in [3.8, 4) is 0 Å². The molecule has 0 aliphatic carbocycles. The average molecular weight is 342 g/mol. The molecule has 0 unspecified atom stereocenters. The summed E-state index contributed by atoms with van der Waals surface area (Å²) in [7, 11) is 0. The number of hydrogen-bond acceptors (Lipinski definition) is 3. The van der Waals surface area contributed by atoms with Crippen LogP contribution in [0.4, 0.5) is 0 Å². The highest BCUT2D eigenvalue weighted by Crippen LogP contribution is 2.21. The highest BCUT2D eigenvalue weighted by Gasteiger charge is 2.23. The molecule has 0 bridgehead atoms. The fourth-order valence-electron chi connectivity index (χ4n) is 3.60. The third-order valence-electron chi connectivity index (χ3n) is 5.30. The molecule has 0 atom stereocenters. The Hall–Kier alpha value is -1.65. The molecule has 1 aromatic carbocycles. The highest BCUT2D eigenvalue weighted by atomic mass is 16.5. The van der Waals surface area contributed by atoms with Gasteiger partial charge in [0.1, 0.15) is 0 Å². The standard InChI is InChI=1S/C21H30N2O2/c1-18-5-2-3-6-20(18)8-7-19-9-12-23(13-10-19)21(24)17-22-11-4-15-25-16-14-22/h2-3,5-8,19H,4,9-17H2,1H3/b8-7+. The summed E-state index contributed by atoms with van der Waals surface area (Å²) < 4.78 is 5.46. The Morgan fingerprint density at radius 3 is 2.76 bits per heavy atom. The second-order valence-electron chi connectivity index (χ2n) is 7.18. The van der Waals surface area contributed by atoms with Crippen molar-refractivity contribution in [2.45, 2.75) is 26.2 Å². The van der Waals surface area contributed by atoms with Crippen LogP contribution in [-0.2, 0) is 9.53 Å². The Labute approximate surface area is 151 Å². The summed E-state index contributed by atoms with van der Waals surface area (Å²) >= 11 is 0. The van der Waals surface area contributed by atoms with Crippen molar-refractivity contribution in [1.82, 2.24) is 9.80 Å². The van der Waals surface area contributed by atoms with Crippen LogP contribution >= 0.6 is 0 Å². The van der Waals surface area contributed by atoms with Crippen LogP contribution in [0.2, 0.25) is 0 Å². The molecule has 2 heterocycles. The number of carbonyl (C=O) groups is 1. The summed E-state index contributed by atoms with van der Waals surface area (Å²) in [6, 6.07) is 8.47. The first-order valence-electron chi connectivity index (χ1n) is 9.54. The molecule has 2 aliphatic rings. The predicted octanol–water partition coefficient (Wildman–Crippen LogP) is 2.97. The van der Waals surface area contributed by atoms with Crippen molar-refractivity contribution in [2.24, 2.45) is 5.92 Å². The molecule has 0 N–H and O–H groups in total. The maximum atomic E-state index is 12.5. The van der Waals surface area contributed by atoms with E-state index in [0.717, 1.165) is 58.7 Å². The van der Waals surface area contributed by atoms with Gasteiger partial charge in [-0.1, -0.05) is 36.4 Å². The van der Waals surface area contributed by atoms with Gasteiger partial charge < -0.3 is 9.64 Å². The summed E-state index contributed by atoms with van der Waals surface area (Å²) in [6.07, 6.45) is 7.73. The minimum Gasteiger partial charge on any atom is -0.380 e. The normalized spacial score (nSPS) is 20.8. The minimum atomic E-state index is 0.281. The zero-order valence-corrected chi connectivity index (χ0v) is 15.3. The second kappa shape index (κ2) is 9.16. The van der Waals surface area contributed by atoms with Crippen molar-refractivity contribution >= 4 is 12.0 Å². The van der Waals surface area contributed by atoms with E-state index < -0.39 is 0 Å².